The van der Waals surface area contributed by atoms with E-state index in [-0.39, 0.29) is 11.8 Å². The highest BCUT2D eigenvalue weighted by molar-refractivity contribution is 7.99. The summed E-state index contributed by atoms with van der Waals surface area (Å²) in [6.45, 7) is 5.77. The van der Waals surface area contributed by atoms with Gasteiger partial charge >= 0.3 is 5.97 Å². The summed E-state index contributed by atoms with van der Waals surface area (Å²) < 4.78 is 7.09. The summed E-state index contributed by atoms with van der Waals surface area (Å²) in [5.74, 6) is -0.411. The highest BCUT2D eigenvalue weighted by Crippen LogP contribution is 2.29. The van der Waals surface area contributed by atoms with Crippen LogP contribution in [0.5, 0.6) is 5.88 Å². The number of nitrogens with zero attached hydrogens (tertiary/aromatic N) is 3. The van der Waals surface area contributed by atoms with E-state index in [4.69, 9.17) is 9.84 Å². The molecule has 21 heavy (non-hydrogen) atoms. The molecule has 0 aliphatic rings. The summed E-state index contributed by atoms with van der Waals surface area (Å²) >= 11 is 1.19. The number of rotatable bonds is 7. The Bertz CT molecular complexity index is 669. The van der Waals surface area contributed by atoms with Crippen molar-refractivity contribution in [1.29, 1.82) is 0 Å². The van der Waals surface area contributed by atoms with E-state index >= 15 is 0 Å². The van der Waals surface area contributed by atoms with Gasteiger partial charge in [-0.05, 0) is 19.4 Å². The molecule has 112 valence electrons. The van der Waals surface area contributed by atoms with Crippen LogP contribution >= 0.6 is 11.8 Å². The van der Waals surface area contributed by atoms with Crippen molar-refractivity contribution in [3.05, 3.63) is 24.8 Å². The number of ether oxygens (including phenoxy) is 1. The number of allylic oxidation sites excluding steroid dienone is 1. The van der Waals surface area contributed by atoms with Gasteiger partial charge in [0.2, 0.25) is 5.88 Å². The van der Waals surface area contributed by atoms with Crippen LogP contribution in [0.1, 0.15) is 19.4 Å². The van der Waals surface area contributed by atoms with E-state index in [1.165, 1.54) is 11.8 Å². The Kier molecular flexibility index (Phi) is 4.85. The first-order valence-corrected chi connectivity index (χ1v) is 7.43. The SMILES string of the molecule is C=CCC(C)n1c(SCC(=O)O)nc2ccc(OC)nc21. The average molecular weight is 307 g/mol. The van der Waals surface area contributed by atoms with E-state index in [9.17, 15) is 4.79 Å². The monoisotopic (exact) mass is 307 g/mol. The number of carboxylic acid groups (broad SMARTS) is 1. The molecule has 0 bridgehead atoms. The van der Waals surface area contributed by atoms with Crippen LogP contribution in [0.25, 0.3) is 11.2 Å². The smallest absolute Gasteiger partial charge is 0.313 e. The topological polar surface area (TPSA) is 77.2 Å². The Morgan fingerprint density at radius 1 is 1.57 bits per heavy atom. The quantitative estimate of drug-likeness (QED) is 0.626. The number of hydrogen-bond donors (Lipinski definition) is 1. The molecule has 2 aromatic rings. The lowest BCUT2D eigenvalue weighted by atomic mass is 10.2. The number of pyridine rings is 1. The molecule has 0 radical (unpaired) electrons. The van der Waals surface area contributed by atoms with E-state index in [0.717, 1.165) is 11.9 Å². The lowest BCUT2D eigenvalue weighted by Crippen LogP contribution is -2.08. The maximum absolute atomic E-state index is 10.8. The molecule has 2 rings (SSSR count). The number of carboxylic acids is 1. The van der Waals surface area contributed by atoms with Gasteiger partial charge in [-0.3, -0.25) is 4.79 Å². The van der Waals surface area contributed by atoms with Gasteiger partial charge in [0, 0.05) is 12.1 Å². The Labute approximate surface area is 126 Å². The standard InChI is InChI=1S/C14H17N3O3S/c1-4-5-9(2)17-13-10(6-7-11(16-13)20-3)15-14(17)21-8-12(18)19/h4,6-7,9H,1,5,8H2,2-3H3,(H,18,19). The van der Waals surface area contributed by atoms with Crippen molar-refractivity contribution >= 4 is 28.9 Å². The summed E-state index contributed by atoms with van der Waals surface area (Å²) in [5.41, 5.74) is 1.41. The van der Waals surface area contributed by atoms with E-state index in [2.05, 4.69) is 16.5 Å². The average Bonchev–Trinajstić information content (AvgIpc) is 2.82. The molecule has 1 atom stereocenters. The largest absolute Gasteiger partial charge is 0.481 e. The number of aromatic nitrogens is 3. The Morgan fingerprint density at radius 3 is 2.95 bits per heavy atom. The molecular formula is C14H17N3O3S. The zero-order valence-corrected chi connectivity index (χ0v) is 12.8. The maximum atomic E-state index is 10.8. The fraction of sp³-hybridized carbons (Fsp3) is 0.357. The third-order valence-corrected chi connectivity index (χ3v) is 3.90. The Hall–Kier alpha value is -2.02. The van der Waals surface area contributed by atoms with Crippen LogP contribution in [0, 0.1) is 0 Å². The van der Waals surface area contributed by atoms with Crippen LogP contribution in [-0.4, -0.2) is 38.5 Å². The fourth-order valence-corrected chi connectivity index (χ4v) is 2.84. The summed E-state index contributed by atoms with van der Waals surface area (Å²) in [7, 11) is 1.56. The molecular weight excluding hydrogens is 290 g/mol. The number of imidazole rings is 1. The van der Waals surface area contributed by atoms with Crippen LogP contribution in [0.3, 0.4) is 0 Å². The van der Waals surface area contributed by atoms with Gasteiger partial charge in [0.1, 0.15) is 5.52 Å². The first kappa shape index (κ1) is 15.4. The van der Waals surface area contributed by atoms with Crippen LogP contribution < -0.4 is 4.74 Å². The van der Waals surface area contributed by atoms with Gasteiger partial charge in [-0.25, -0.2) is 4.98 Å². The van der Waals surface area contributed by atoms with Crippen molar-refractivity contribution in [2.45, 2.75) is 24.5 Å². The predicted octanol–water partition coefficient (Wildman–Crippen LogP) is 2.75. The van der Waals surface area contributed by atoms with Crippen LogP contribution in [0.4, 0.5) is 0 Å². The maximum Gasteiger partial charge on any atom is 0.313 e. The highest BCUT2D eigenvalue weighted by atomic mass is 32.2. The van der Waals surface area contributed by atoms with Crippen LogP contribution in [-0.2, 0) is 4.79 Å². The van der Waals surface area contributed by atoms with E-state index < -0.39 is 5.97 Å². The number of methoxy groups -OCH3 is 1. The minimum absolute atomic E-state index is 0.0404. The second-order valence-electron chi connectivity index (χ2n) is 4.52. The molecule has 1 N–H and O–H groups in total. The first-order valence-electron chi connectivity index (χ1n) is 6.45. The predicted molar refractivity (Wildman–Crippen MR) is 82.0 cm³/mol. The molecule has 2 heterocycles. The van der Waals surface area contributed by atoms with Crippen molar-refractivity contribution in [3.63, 3.8) is 0 Å². The molecule has 0 aliphatic carbocycles. The van der Waals surface area contributed by atoms with Gasteiger partial charge < -0.3 is 14.4 Å². The molecule has 1 unspecified atom stereocenters. The number of thioether (sulfide) groups is 1. The van der Waals surface area contributed by atoms with Gasteiger partial charge in [-0.15, -0.1) is 6.58 Å². The number of fused-ring (bicyclic) bond motifs is 1. The zero-order chi connectivity index (χ0) is 15.4. The second kappa shape index (κ2) is 6.62. The third-order valence-electron chi connectivity index (χ3n) is 2.96. The fourth-order valence-electron chi connectivity index (χ4n) is 2.02. The minimum atomic E-state index is -0.875. The molecule has 6 nitrogen and oxygen atoms in total. The van der Waals surface area contributed by atoms with Crippen molar-refractivity contribution < 1.29 is 14.6 Å². The lowest BCUT2D eigenvalue weighted by Gasteiger charge is -2.14. The summed E-state index contributed by atoms with van der Waals surface area (Å²) in [6.07, 6.45) is 2.56. The van der Waals surface area contributed by atoms with E-state index in [0.29, 0.717) is 16.7 Å². The van der Waals surface area contributed by atoms with E-state index in [1.54, 1.807) is 13.2 Å². The van der Waals surface area contributed by atoms with E-state index in [1.807, 2.05) is 23.6 Å². The van der Waals surface area contributed by atoms with Crippen molar-refractivity contribution in [2.75, 3.05) is 12.9 Å². The molecule has 0 fully saturated rings. The second-order valence-corrected chi connectivity index (χ2v) is 5.46. The number of carbonyl (C=O) groups is 1. The Balaban J connectivity index is 2.51. The van der Waals surface area contributed by atoms with Gasteiger partial charge in [-0.2, -0.15) is 4.98 Å². The normalized spacial score (nSPS) is 12.3. The van der Waals surface area contributed by atoms with Crippen molar-refractivity contribution in [1.82, 2.24) is 14.5 Å². The molecule has 7 heteroatoms. The molecule has 0 spiro atoms. The summed E-state index contributed by atoms with van der Waals surface area (Å²) in [4.78, 5) is 19.7. The van der Waals surface area contributed by atoms with Gasteiger partial charge in [0.05, 0.1) is 12.9 Å². The van der Waals surface area contributed by atoms with Crippen LogP contribution in [0.2, 0.25) is 0 Å². The lowest BCUT2D eigenvalue weighted by molar-refractivity contribution is -0.133. The van der Waals surface area contributed by atoms with Crippen molar-refractivity contribution in [2.24, 2.45) is 0 Å². The molecule has 0 saturated carbocycles. The summed E-state index contributed by atoms with van der Waals surface area (Å²) in [5, 5.41) is 9.50. The van der Waals surface area contributed by atoms with Crippen LogP contribution in [0.15, 0.2) is 29.9 Å². The van der Waals surface area contributed by atoms with Gasteiger partial charge in [0.25, 0.3) is 0 Å². The summed E-state index contributed by atoms with van der Waals surface area (Å²) in [6, 6.07) is 3.65. The molecule has 0 saturated heterocycles. The van der Waals surface area contributed by atoms with Gasteiger partial charge in [0.15, 0.2) is 10.8 Å². The third kappa shape index (κ3) is 3.36. The van der Waals surface area contributed by atoms with Gasteiger partial charge in [-0.1, -0.05) is 17.8 Å². The highest BCUT2D eigenvalue weighted by Gasteiger charge is 2.18. The molecule has 0 amide bonds. The zero-order valence-electron chi connectivity index (χ0n) is 11.9. The Morgan fingerprint density at radius 2 is 2.33 bits per heavy atom. The molecule has 0 aliphatic heterocycles. The minimum Gasteiger partial charge on any atom is -0.481 e. The molecule has 0 aromatic carbocycles. The first-order chi connectivity index (χ1) is 10.1. The molecule has 2 aromatic heterocycles. The number of hydrogen-bond acceptors (Lipinski definition) is 5. The number of aliphatic carboxylic acids is 1. The van der Waals surface area contributed by atoms with Crippen molar-refractivity contribution in [3.8, 4) is 5.88 Å².